The Bertz CT molecular complexity index is 965. The molecule has 0 atom stereocenters. The highest BCUT2D eigenvalue weighted by molar-refractivity contribution is 5.98. The van der Waals surface area contributed by atoms with Gasteiger partial charge in [0.05, 0.1) is 36.6 Å². The molecule has 0 saturated carbocycles. The Morgan fingerprint density at radius 2 is 1.79 bits per heavy atom. The standard InChI is InChI=1S/C23H26N2O3/c1-15(2)28-14-18-7-5-17(6-8-18)13-24-23(26)21-11-19-9-10-20(27-4)12-22(19)25-16(21)3/h5-12,15H,13-14H2,1-4H3,(H,24,26). The maximum absolute atomic E-state index is 12.7. The SMILES string of the molecule is COc1ccc2cc(C(=O)NCc3ccc(COC(C)C)cc3)c(C)nc2c1. The fourth-order valence-electron chi connectivity index (χ4n) is 2.89. The van der Waals surface area contributed by atoms with Gasteiger partial charge in [0.15, 0.2) is 0 Å². The van der Waals surface area contributed by atoms with Crippen molar-refractivity contribution >= 4 is 16.8 Å². The van der Waals surface area contributed by atoms with Crippen molar-refractivity contribution in [1.82, 2.24) is 10.3 Å². The first-order valence-electron chi connectivity index (χ1n) is 9.39. The summed E-state index contributed by atoms with van der Waals surface area (Å²) < 4.78 is 10.8. The third-order valence-corrected chi connectivity index (χ3v) is 4.52. The molecule has 0 aliphatic heterocycles. The first-order valence-corrected chi connectivity index (χ1v) is 9.39. The minimum absolute atomic E-state index is 0.130. The molecule has 5 nitrogen and oxygen atoms in total. The summed E-state index contributed by atoms with van der Waals surface area (Å²) in [6, 6.07) is 15.6. The fourth-order valence-corrected chi connectivity index (χ4v) is 2.89. The Morgan fingerprint density at radius 3 is 2.46 bits per heavy atom. The van der Waals surface area contributed by atoms with Crippen LogP contribution in [0.25, 0.3) is 10.9 Å². The molecule has 0 unspecified atom stereocenters. The molecule has 0 aliphatic carbocycles. The summed E-state index contributed by atoms with van der Waals surface area (Å²) in [5.74, 6) is 0.619. The van der Waals surface area contributed by atoms with Gasteiger partial charge < -0.3 is 14.8 Å². The van der Waals surface area contributed by atoms with Gasteiger partial charge in [0.25, 0.3) is 5.91 Å². The normalized spacial score (nSPS) is 11.0. The average Bonchev–Trinajstić information content (AvgIpc) is 2.70. The van der Waals surface area contributed by atoms with Gasteiger partial charge in [-0.2, -0.15) is 0 Å². The lowest BCUT2D eigenvalue weighted by Gasteiger charge is -2.11. The number of aryl methyl sites for hydroxylation is 1. The van der Waals surface area contributed by atoms with E-state index >= 15 is 0 Å². The summed E-state index contributed by atoms with van der Waals surface area (Å²) >= 11 is 0. The van der Waals surface area contributed by atoms with E-state index in [0.29, 0.717) is 24.4 Å². The number of nitrogens with zero attached hydrogens (tertiary/aromatic N) is 1. The topological polar surface area (TPSA) is 60.5 Å². The maximum atomic E-state index is 12.7. The van der Waals surface area contributed by atoms with Crippen molar-refractivity contribution < 1.29 is 14.3 Å². The molecule has 0 bridgehead atoms. The number of pyridine rings is 1. The van der Waals surface area contributed by atoms with Crippen LogP contribution in [-0.2, 0) is 17.9 Å². The van der Waals surface area contributed by atoms with Crippen LogP contribution in [0.3, 0.4) is 0 Å². The van der Waals surface area contributed by atoms with Crippen molar-refractivity contribution in [2.24, 2.45) is 0 Å². The van der Waals surface area contributed by atoms with Crippen LogP contribution >= 0.6 is 0 Å². The summed E-state index contributed by atoms with van der Waals surface area (Å²) in [6.45, 7) is 6.94. The molecule has 28 heavy (non-hydrogen) atoms. The summed E-state index contributed by atoms with van der Waals surface area (Å²) in [4.78, 5) is 17.2. The predicted octanol–water partition coefficient (Wildman–Crippen LogP) is 4.41. The number of carbonyl (C=O) groups is 1. The average molecular weight is 378 g/mol. The van der Waals surface area contributed by atoms with Crippen molar-refractivity contribution in [3.8, 4) is 5.75 Å². The second-order valence-corrected chi connectivity index (χ2v) is 7.04. The molecular formula is C23H26N2O3. The molecule has 1 aromatic heterocycles. The minimum atomic E-state index is -0.130. The van der Waals surface area contributed by atoms with Crippen molar-refractivity contribution in [3.05, 3.63) is 70.9 Å². The minimum Gasteiger partial charge on any atom is -0.497 e. The van der Waals surface area contributed by atoms with E-state index < -0.39 is 0 Å². The van der Waals surface area contributed by atoms with Crippen LogP contribution < -0.4 is 10.1 Å². The Morgan fingerprint density at radius 1 is 1.07 bits per heavy atom. The van der Waals surface area contributed by atoms with Gasteiger partial charge in [-0.1, -0.05) is 24.3 Å². The molecule has 2 aromatic carbocycles. The van der Waals surface area contributed by atoms with Crippen molar-refractivity contribution in [3.63, 3.8) is 0 Å². The van der Waals surface area contributed by atoms with Crippen LogP contribution in [0.15, 0.2) is 48.5 Å². The highest BCUT2D eigenvalue weighted by Gasteiger charge is 2.12. The highest BCUT2D eigenvalue weighted by atomic mass is 16.5. The summed E-state index contributed by atoms with van der Waals surface area (Å²) in [6.07, 6.45) is 0.207. The molecular weight excluding hydrogens is 352 g/mol. The molecule has 1 amide bonds. The van der Waals surface area contributed by atoms with Gasteiger partial charge in [0.2, 0.25) is 0 Å². The Hall–Kier alpha value is -2.92. The van der Waals surface area contributed by atoms with Crippen molar-refractivity contribution in [2.45, 2.75) is 40.0 Å². The Balaban J connectivity index is 1.66. The number of hydrogen-bond donors (Lipinski definition) is 1. The van der Waals surface area contributed by atoms with Crippen LogP contribution in [0.4, 0.5) is 0 Å². The Kier molecular flexibility index (Phi) is 6.26. The second-order valence-electron chi connectivity index (χ2n) is 7.04. The van der Waals surface area contributed by atoms with Gasteiger partial charge in [0.1, 0.15) is 5.75 Å². The van der Waals surface area contributed by atoms with Gasteiger partial charge in [-0.3, -0.25) is 9.78 Å². The number of amides is 1. The zero-order valence-corrected chi connectivity index (χ0v) is 16.8. The number of hydrogen-bond acceptors (Lipinski definition) is 4. The largest absolute Gasteiger partial charge is 0.497 e. The van der Waals surface area contributed by atoms with Crippen LogP contribution in [0.5, 0.6) is 5.75 Å². The first kappa shape index (κ1) is 19.8. The molecule has 5 heteroatoms. The van der Waals surface area contributed by atoms with Crippen molar-refractivity contribution in [1.29, 1.82) is 0 Å². The number of carbonyl (C=O) groups excluding carboxylic acids is 1. The van der Waals surface area contributed by atoms with Crippen LogP contribution in [-0.4, -0.2) is 24.1 Å². The lowest BCUT2D eigenvalue weighted by molar-refractivity contribution is 0.0657. The number of nitrogens with one attached hydrogen (secondary N) is 1. The van der Waals surface area contributed by atoms with Crippen LogP contribution in [0.1, 0.15) is 41.0 Å². The number of fused-ring (bicyclic) bond motifs is 1. The van der Waals surface area contributed by atoms with E-state index in [1.807, 2.05) is 69.3 Å². The summed E-state index contributed by atoms with van der Waals surface area (Å²) in [5.41, 5.74) is 4.25. The molecule has 0 saturated heterocycles. The molecule has 0 spiro atoms. The van der Waals surface area contributed by atoms with E-state index in [-0.39, 0.29) is 12.0 Å². The lowest BCUT2D eigenvalue weighted by Crippen LogP contribution is -2.24. The van der Waals surface area contributed by atoms with Gasteiger partial charge in [-0.05, 0) is 50.1 Å². The van der Waals surface area contributed by atoms with E-state index in [1.54, 1.807) is 7.11 Å². The van der Waals surface area contributed by atoms with Gasteiger partial charge in [0, 0.05) is 18.0 Å². The van der Waals surface area contributed by atoms with Crippen LogP contribution in [0, 0.1) is 6.92 Å². The van der Waals surface area contributed by atoms with Gasteiger partial charge >= 0.3 is 0 Å². The molecule has 1 N–H and O–H groups in total. The molecule has 0 aliphatic rings. The molecule has 0 fully saturated rings. The number of ether oxygens (including phenoxy) is 2. The third kappa shape index (κ3) is 4.87. The lowest BCUT2D eigenvalue weighted by atomic mass is 10.1. The quantitative estimate of drug-likeness (QED) is 0.662. The van der Waals surface area contributed by atoms with Gasteiger partial charge in [-0.15, -0.1) is 0 Å². The highest BCUT2D eigenvalue weighted by Crippen LogP contribution is 2.21. The molecule has 3 aromatic rings. The van der Waals surface area contributed by atoms with E-state index in [2.05, 4.69) is 10.3 Å². The smallest absolute Gasteiger partial charge is 0.253 e. The maximum Gasteiger partial charge on any atom is 0.253 e. The van der Waals surface area contributed by atoms with E-state index in [9.17, 15) is 4.79 Å². The van der Waals surface area contributed by atoms with E-state index in [0.717, 1.165) is 27.8 Å². The first-order chi connectivity index (χ1) is 13.5. The fraction of sp³-hybridized carbons (Fsp3) is 0.304. The molecule has 0 radical (unpaired) electrons. The van der Waals surface area contributed by atoms with E-state index in [1.165, 1.54) is 0 Å². The second kappa shape index (κ2) is 8.85. The monoisotopic (exact) mass is 378 g/mol. The third-order valence-electron chi connectivity index (χ3n) is 4.52. The zero-order valence-electron chi connectivity index (χ0n) is 16.8. The molecule has 3 rings (SSSR count). The van der Waals surface area contributed by atoms with E-state index in [4.69, 9.17) is 9.47 Å². The number of methoxy groups -OCH3 is 1. The zero-order chi connectivity index (χ0) is 20.1. The Labute approximate surface area is 165 Å². The predicted molar refractivity (Wildman–Crippen MR) is 111 cm³/mol. The molecule has 146 valence electrons. The summed E-state index contributed by atoms with van der Waals surface area (Å²) in [7, 11) is 1.62. The summed E-state index contributed by atoms with van der Waals surface area (Å²) in [5, 5.41) is 3.89. The molecule has 1 heterocycles. The number of rotatable bonds is 7. The van der Waals surface area contributed by atoms with Gasteiger partial charge in [-0.25, -0.2) is 0 Å². The number of benzene rings is 2. The van der Waals surface area contributed by atoms with Crippen LogP contribution in [0.2, 0.25) is 0 Å². The van der Waals surface area contributed by atoms with Crippen molar-refractivity contribution in [2.75, 3.05) is 7.11 Å². The number of aromatic nitrogens is 1.